The molecule has 0 N–H and O–H groups in total. The predicted molar refractivity (Wildman–Crippen MR) is 94.9 cm³/mol. The van der Waals surface area contributed by atoms with Gasteiger partial charge in [0.1, 0.15) is 0 Å². The third-order valence-electron chi connectivity index (χ3n) is 5.77. The van der Waals surface area contributed by atoms with Gasteiger partial charge in [-0.15, -0.1) is 0 Å². The van der Waals surface area contributed by atoms with Crippen LogP contribution in [0.4, 0.5) is 5.69 Å². The van der Waals surface area contributed by atoms with Gasteiger partial charge in [-0.05, 0) is 23.1 Å². The monoisotopic (exact) mass is 321 g/mol. The fourth-order valence-corrected chi connectivity index (χ4v) is 4.39. The summed E-state index contributed by atoms with van der Waals surface area (Å²) in [5.41, 5.74) is 3.85. The van der Waals surface area contributed by atoms with E-state index in [2.05, 4.69) is 30.9 Å². The van der Waals surface area contributed by atoms with Crippen LogP contribution in [0.5, 0.6) is 0 Å². The molecule has 0 saturated heterocycles. The van der Waals surface area contributed by atoms with E-state index in [9.17, 15) is 9.59 Å². The van der Waals surface area contributed by atoms with E-state index in [0.717, 1.165) is 5.69 Å². The number of hydrogen-bond donors (Lipinski definition) is 0. The van der Waals surface area contributed by atoms with Gasteiger partial charge >= 0.3 is 0 Å². The molecule has 0 fully saturated rings. The lowest BCUT2D eigenvalue weighted by Gasteiger charge is -2.31. The highest BCUT2D eigenvalue weighted by Gasteiger charge is 2.53. The van der Waals surface area contributed by atoms with E-state index >= 15 is 0 Å². The van der Waals surface area contributed by atoms with Gasteiger partial charge in [-0.25, -0.2) is 0 Å². The SMILES string of the molecule is CC(C)(C)C1=CC(=O)C2=C(C1=O)N1c3ccccc3C(C)(C)C1C2. The summed E-state index contributed by atoms with van der Waals surface area (Å²) < 4.78 is 0. The second-order valence-electron chi connectivity index (χ2n) is 8.66. The fraction of sp³-hybridized carbons (Fsp3) is 0.429. The molecule has 0 spiro atoms. The second kappa shape index (κ2) is 4.47. The molecule has 2 heterocycles. The van der Waals surface area contributed by atoms with Gasteiger partial charge in [-0.2, -0.15) is 0 Å². The zero-order valence-corrected chi connectivity index (χ0v) is 14.9. The van der Waals surface area contributed by atoms with Gasteiger partial charge in [0.2, 0.25) is 5.78 Å². The average Bonchev–Trinajstić information content (AvgIpc) is 2.99. The maximum atomic E-state index is 13.2. The summed E-state index contributed by atoms with van der Waals surface area (Å²) >= 11 is 0. The summed E-state index contributed by atoms with van der Waals surface area (Å²) in [6.45, 7) is 10.4. The normalized spacial score (nSPS) is 24.8. The first-order valence-electron chi connectivity index (χ1n) is 8.57. The summed E-state index contributed by atoms with van der Waals surface area (Å²) in [6, 6.07) is 8.40. The maximum absolute atomic E-state index is 13.2. The maximum Gasteiger partial charge on any atom is 0.206 e. The van der Waals surface area contributed by atoms with E-state index in [1.807, 2.05) is 32.9 Å². The number of hydrogen-bond acceptors (Lipinski definition) is 3. The van der Waals surface area contributed by atoms with Gasteiger partial charge in [0.05, 0.1) is 5.70 Å². The first-order valence-corrected chi connectivity index (χ1v) is 8.57. The van der Waals surface area contributed by atoms with Crippen LogP contribution in [-0.4, -0.2) is 17.6 Å². The standard InChI is InChI=1S/C21H23NO2/c1-20(2,3)14-11-16(23)12-10-17-21(4,5)13-8-6-7-9-15(13)22(17)18(12)19(14)24/h6-9,11,17H,10H2,1-5H3. The molecule has 1 aliphatic carbocycles. The Morgan fingerprint density at radius 1 is 1.12 bits per heavy atom. The summed E-state index contributed by atoms with van der Waals surface area (Å²) in [5, 5.41) is 0. The molecule has 2 aliphatic heterocycles. The van der Waals surface area contributed by atoms with E-state index in [0.29, 0.717) is 23.3 Å². The lowest BCUT2D eigenvalue weighted by Crippen LogP contribution is -2.39. The van der Waals surface area contributed by atoms with Crippen molar-refractivity contribution in [3.63, 3.8) is 0 Å². The number of fused-ring (bicyclic) bond motifs is 4. The molecule has 4 rings (SSSR count). The van der Waals surface area contributed by atoms with Crippen molar-refractivity contribution < 1.29 is 9.59 Å². The second-order valence-corrected chi connectivity index (χ2v) is 8.66. The number of rotatable bonds is 0. The van der Waals surface area contributed by atoms with E-state index in [1.54, 1.807) is 6.08 Å². The highest BCUT2D eigenvalue weighted by Crippen LogP contribution is 2.54. The van der Waals surface area contributed by atoms with Crippen LogP contribution in [0.1, 0.15) is 46.6 Å². The van der Waals surface area contributed by atoms with Crippen LogP contribution in [-0.2, 0) is 15.0 Å². The number of ketones is 2. The third-order valence-corrected chi connectivity index (χ3v) is 5.77. The molecule has 1 unspecified atom stereocenters. The number of anilines is 1. The summed E-state index contributed by atoms with van der Waals surface area (Å²) in [5.74, 6) is 0.0318. The van der Waals surface area contributed by atoms with E-state index in [-0.39, 0.29) is 28.4 Å². The quantitative estimate of drug-likeness (QED) is 0.679. The molecule has 0 bridgehead atoms. The lowest BCUT2D eigenvalue weighted by molar-refractivity contribution is -0.116. The molecule has 124 valence electrons. The largest absolute Gasteiger partial charge is 0.333 e. The van der Waals surface area contributed by atoms with Crippen LogP contribution >= 0.6 is 0 Å². The van der Waals surface area contributed by atoms with Crippen LogP contribution in [0, 0.1) is 5.41 Å². The minimum atomic E-state index is -0.335. The van der Waals surface area contributed by atoms with Crippen LogP contribution in [0.2, 0.25) is 0 Å². The van der Waals surface area contributed by atoms with Crippen LogP contribution < -0.4 is 4.90 Å². The van der Waals surface area contributed by atoms with E-state index in [4.69, 9.17) is 0 Å². The lowest BCUT2D eigenvalue weighted by atomic mass is 9.76. The minimum absolute atomic E-state index is 0.0113. The first kappa shape index (κ1) is 15.4. The molecule has 1 aromatic rings. The molecule has 3 nitrogen and oxygen atoms in total. The zero-order chi connectivity index (χ0) is 17.4. The Labute approximate surface area is 143 Å². The zero-order valence-electron chi connectivity index (χ0n) is 14.9. The summed E-state index contributed by atoms with van der Waals surface area (Å²) in [7, 11) is 0. The molecule has 3 aliphatic rings. The number of carbonyl (C=O) groups excluding carboxylic acids is 2. The van der Waals surface area contributed by atoms with Gasteiger partial charge in [0, 0.05) is 34.7 Å². The highest BCUT2D eigenvalue weighted by atomic mass is 16.1. The molecule has 1 aromatic carbocycles. The van der Waals surface area contributed by atoms with Gasteiger partial charge in [0.15, 0.2) is 5.78 Å². The Bertz CT molecular complexity index is 849. The smallest absolute Gasteiger partial charge is 0.206 e. The number of benzene rings is 1. The van der Waals surface area contributed by atoms with Crippen LogP contribution in [0.25, 0.3) is 0 Å². The number of Topliss-reactive ketones (excluding diaryl/α,β-unsaturated/α-hetero) is 1. The van der Waals surface area contributed by atoms with Gasteiger partial charge in [-0.1, -0.05) is 52.8 Å². The minimum Gasteiger partial charge on any atom is -0.333 e. The first-order chi connectivity index (χ1) is 11.1. The molecule has 0 amide bonds. The Kier molecular flexibility index (Phi) is 2.86. The molecular formula is C21H23NO2. The molecule has 0 aromatic heterocycles. The predicted octanol–water partition coefficient (Wildman–Crippen LogP) is 3.93. The van der Waals surface area contributed by atoms with Crippen molar-refractivity contribution >= 4 is 17.3 Å². The van der Waals surface area contributed by atoms with Crippen molar-refractivity contribution in [3.8, 4) is 0 Å². The highest BCUT2D eigenvalue weighted by molar-refractivity contribution is 6.25. The summed E-state index contributed by atoms with van der Waals surface area (Å²) in [6.07, 6.45) is 2.22. The Hall–Kier alpha value is -2.16. The number of para-hydroxylation sites is 1. The molecule has 0 radical (unpaired) electrons. The molecule has 24 heavy (non-hydrogen) atoms. The molecule has 1 atom stereocenters. The van der Waals surface area contributed by atoms with Gasteiger partial charge < -0.3 is 4.90 Å². The van der Waals surface area contributed by atoms with Crippen molar-refractivity contribution in [1.82, 2.24) is 0 Å². The topological polar surface area (TPSA) is 37.4 Å². The summed E-state index contributed by atoms with van der Waals surface area (Å²) in [4.78, 5) is 28.1. The van der Waals surface area contributed by atoms with Crippen molar-refractivity contribution in [3.05, 3.63) is 52.7 Å². The van der Waals surface area contributed by atoms with Crippen LogP contribution in [0.3, 0.4) is 0 Å². The fourth-order valence-electron chi connectivity index (χ4n) is 4.39. The number of carbonyl (C=O) groups is 2. The van der Waals surface area contributed by atoms with Crippen molar-refractivity contribution in [1.29, 1.82) is 0 Å². The van der Waals surface area contributed by atoms with Gasteiger partial charge in [-0.3, -0.25) is 9.59 Å². The van der Waals surface area contributed by atoms with Crippen LogP contribution in [0.15, 0.2) is 47.2 Å². The Morgan fingerprint density at radius 3 is 2.46 bits per heavy atom. The van der Waals surface area contributed by atoms with E-state index < -0.39 is 0 Å². The third kappa shape index (κ3) is 1.78. The molecular weight excluding hydrogens is 298 g/mol. The Balaban J connectivity index is 1.90. The molecule has 0 saturated carbocycles. The van der Waals surface area contributed by atoms with Crippen molar-refractivity contribution in [2.45, 2.75) is 52.5 Å². The average molecular weight is 321 g/mol. The van der Waals surface area contributed by atoms with E-state index in [1.165, 1.54) is 5.56 Å². The number of allylic oxidation sites excluding steroid dienone is 2. The van der Waals surface area contributed by atoms with Crippen molar-refractivity contribution in [2.75, 3.05) is 4.90 Å². The number of nitrogens with zero attached hydrogens (tertiary/aromatic N) is 1. The molecule has 3 heteroatoms. The Morgan fingerprint density at radius 2 is 1.79 bits per heavy atom. The van der Waals surface area contributed by atoms with Crippen molar-refractivity contribution in [2.24, 2.45) is 5.41 Å². The van der Waals surface area contributed by atoms with Gasteiger partial charge in [0.25, 0.3) is 0 Å².